The van der Waals surface area contributed by atoms with E-state index in [-0.39, 0.29) is 35.5 Å². The van der Waals surface area contributed by atoms with Crippen LogP contribution >= 0.6 is 0 Å². The van der Waals surface area contributed by atoms with Gasteiger partial charge in [0.15, 0.2) is 11.5 Å². The van der Waals surface area contributed by atoms with Gasteiger partial charge in [0.05, 0.1) is 0 Å². The van der Waals surface area contributed by atoms with E-state index in [9.17, 15) is 14.0 Å². The molecule has 166 valence electrons. The molecular weight excluding hydrogens is 429 g/mol. The molecule has 0 fully saturated rings. The van der Waals surface area contributed by atoms with E-state index in [1.54, 1.807) is 18.2 Å². The van der Waals surface area contributed by atoms with E-state index in [1.165, 1.54) is 18.2 Å². The second kappa shape index (κ2) is 9.78. The molecule has 4 aromatic rings. The van der Waals surface area contributed by atoms with E-state index in [4.69, 9.17) is 18.8 Å². The van der Waals surface area contributed by atoms with Gasteiger partial charge in [-0.15, -0.1) is 0 Å². The lowest BCUT2D eigenvalue weighted by Gasteiger charge is -2.09. The second-order valence-electron chi connectivity index (χ2n) is 7.09. The van der Waals surface area contributed by atoms with Gasteiger partial charge in [-0.25, -0.2) is 4.39 Å². The van der Waals surface area contributed by atoms with Gasteiger partial charge in [0.1, 0.15) is 24.4 Å². The predicted molar refractivity (Wildman–Crippen MR) is 116 cm³/mol. The second-order valence-corrected chi connectivity index (χ2v) is 7.09. The molecule has 0 atom stereocenters. The van der Waals surface area contributed by atoms with Gasteiger partial charge in [0.2, 0.25) is 16.9 Å². The lowest BCUT2D eigenvalue weighted by molar-refractivity contribution is 0.0970. The summed E-state index contributed by atoms with van der Waals surface area (Å²) in [6, 6.07) is 19.1. The van der Waals surface area contributed by atoms with Gasteiger partial charge in [0, 0.05) is 12.5 Å². The standard InChI is InChI=1S/C25H18FNO6/c26-18-8-6-16(7-9-18)12-19-10-11-22(32-19)23(29)25-24(21(28)13-20(33-25)14-27-30)31-15-17-4-2-1-3-5-17/h1-11,13-14,30H,12,15H2. The molecule has 2 aromatic heterocycles. The summed E-state index contributed by atoms with van der Waals surface area (Å²) in [5.41, 5.74) is 0.966. The normalized spacial score (nSPS) is 11.1. The first-order valence-electron chi connectivity index (χ1n) is 9.93. The first-order valence-corrected chi connectivity index (χ1v) is 9.93. The van der Waals surface area contributed by atoms with E-state index >= 15 is 0 Å². The third-order valence-corrected chi connectivity index (χ3v) is 4.72. The summed E-state index contributed by atoms with van der Waals surface area (Å²) in [6.45, 7) is 0.0350. The molecule has 0 aliphatic rings. The number of halogens is 1. The Labute approximate surface area is 187 Å². The molecule has 0 saturated carbocycles. The number of nitrogens with zero attached hydrogens (tertiary/aromatic N) is 1. The molecule has 0 saturated heterocycles. The monoisotopic (exact) mass is 447 g/mol. The van der Waals surface area contributed by atoms with Gasteiger partial charge >= 0.3 is 0 Å². The summed E-state index contributed by atoms with van der Waals surface area (Å²) < 4.78 is 29.9. The number of carbonyl (C=O) groups is 1. The molecule has 0 spiro atoms. The molecule has 0 aliphatic heterocycles. The third-order valence-electron chi connectivity index (χ3n) is 4.72. The van der Waals surface area contributed by atoms with Crippen LogP contribution in [0.3, 0.4) is 0 Å². The maximum Gasteiger partial charge on any atom is 0.267 e. The highest BCUT2D eigenvalue weighted by molar-refractivity contribution is 6.07. The third kappa shape index (κ3) is 5.24. The Hall–Kier alpha value is -4.46. The van der Waals surface area contributed by atoms with Crippen molar-refractivity contribution in [2.45, 2.75) is 13.0 Å². The van der Waals surface area contributed by atoms with Gasteiger partial charge in [-0.3, -0.25) is 9.59 Å². The van der Waals surface area contributed by atoms with Gasteiger partial charge in [-0.1, -0.05) is 47.6 Å². The molecule has 8 heteroatoms. The van der Waals surface area contributed by atoms with Crippen molar-refractivity contribution < 1.29 is 28.0 Å². The van der Waals surface area contributed by atoms with Crippen LogP contribution in [0.4, 0.5) is 4.39 Å². The minimum absolute atomic E-state index is 0.0350. The van der Waals surface area contributed by atoms with Crippen LogP contribution in [0, 0.1) is 5.82 Å². The van der Waals surface area contributed by atoms with Crippen LogP contribution in [0.5, 0.6) is 5.75 Å². The average Bonchev–Trinajstić information content (AvgIpc) is 3.28. The summed E-state index contributed by atoms with van der Waals surface area (Å²) in [5, 5.41) is 11.6. The molecule has 0 amide bonds. The van der Waals surface area contributed by atoms with Crippen molar-refractivity contribution in [1.82, 2.24) is 0 Å². The summed E-state index contributed by atoms with van der Waals surface area (Å²) in [4.78, 5) is 25.8. The number of ketones is 1. The Balaban J connectivity index is 1.63. The van der Waals surface area contributed by atoms with Crippen molar-refractivity contribution in [3.63, 3.8) is 0 Å². The van der Waals surface area contributed by atoms with Crippen molar-refractivity contribution >= 4 is 12.0 Å². The van der Waals surface area contributed by atoms with Gasteiger partial charge < -0.3 is 18.8 Å². The maximum absolute atomic E-state index is 13.1. The Morgan fingerprint density at radius 2 is 1.76 bits per heavy atom. The highest BCUT2D eigenvalue weighted by Gasteiger charge is 2.25. The molecule has 0 radical (unpaired) electrons. The fourth-order valence-corrected chi connectivity index (χ4v) is 3.15. The fourth-order valence-electron chi connectivity index (χ4n) is 3.15. The number of oxime groups is 1. The predicted octanol–water partition coefficient (Wildman–Crippen LogP) is 4.58. The first-order chi connectivity index (χ1) is 16.0. The topological polar surface area (TPSA) is 102 Å². The van der Waals surface area contributed by atoms with Gasteiger partial charge in [-0.05, 0) is 35.4 Å². The Morgan fingerprint density at radius 3 is 2.48 bits per heavy atom. The lowest BCUT2D eigenvalue weighted by atomic mass is 10.1. The number of benzene rings is 2. The summed E-state index contributed by atoms with van der Waals surface area (Å²) in [7, 11) is 0. The van der Waals surface area contributed by atoms with Gasteiger partial charge in [-0.2, -0.15) is 0 Å². The van der Waals surface area contributed by atoms with Crippen molar-refractivity contribution in [1.29, 1.82) is 0 Å². The lowest BCUT2D eigenvalue weighted by Crippen LogP contribution is -2.15. The van der Waals surface area contributed by atoms with Crippen LogP contribution in [0.15, 0.2) is 91.6 Å². The molecule has 33 heavy (non-hydrogen) atoms. The van der Waals surface area contributed by atoms with Crippen LogP contribution in [0.1, 0.15) is 39.0 Å². The fraction of sp³-hybridized carbons (Fsp3) is 0.0800. The molecular formula is C25H18FNO6. The number of furan rings is 1. The van der Waals surface area contributed by atoms with E-state index < -0.39 is 11.2 Å². The Morgan fingerprint density at radius 1 is 1.00 bits per heavy atom. The zero-order chi connectivity index (χ0) is 23.2. The van der Waals surface area contributed by atoms with Crippen molar-refractivity contribution in [2.75, 3.05) is 0 Å². The van der Waals surface area contributed by atoms with Crippen molar-refractivity contribution in [2.24, 2.45) is 5.16 Å². The smallest absolute Gasteiger partial charge is 0.267 e. The van der Waals surface area contributed by atoms with Crippen LogP contribution < -0.4 is 10.2 Å². The highest BCUT2D eigenvalue weighted by atomic mass is 19.1. The number of hydrogen-bond donors (Lipinski definition) is 1. The van der Waals surface area contributed by atoms with Crippen molar-refractivity contribution in [3.8, 4) is 5.75 Å². The number of ether oxygens (including phenoxy) is 1. The molecule has 0 unspecified atom stereocenters. The quantitative estimate of drug-likeness (QED) is 0.184. The van der Waals surface area contributed by atoms with Gasteiger partial charge in [0.25, 0.3) is 5.78 Å². The molecule has 0 bridgehead atoms. The van der Waals surface area contributed by atoms with Crippen molar-refractivity contribution in [3.05, 3.63) is 123 Å². The van der Waals surface area contributed by atoms with Crippen LogP contribution in [0.25, 0.3) is 0 Å². The zero-order valence-corrected chi connectivity index (χ0v) is 17.2. The number of carbonyl (C=O) groups excluding carboxylic acids is 1. The highest BCUT2D eigenvalue weighted by Crippen LogP contribution is 2.23. The molecule has 7 nitrogen and oxygen atoms in total. The maximum atomic E-state index is 13.1. The Kier molecular flexibility index (Phi) is 6.45. The minimum Gasteiger partial charge on any atom is -0.481 e. The number of rotatable bonds is 8. The Bertz CT molecular complexity index is 1340. The van der Waals surface area contributed by atoms with E-state index in [0.717, 1.165) is 23.4 Å². The molecule has 2 heterocycles. The largest absolute Gasteiger partial charge is 0.481 e. The first kappa shape index (κ1) is 21.8. The van der Waals surface area contributed by atoms with E-state index in [2.05, 4.69) is 5.16 Å². The molecule has 0 aliphatic carbocycles. The molecule has 4 rings (SSSR count). The zero-order valence-electron chi connectivity index (χ0n) is 17.2. The average molecular weight is 447 g/mol. The molecule has 2 aromatic carbocycles. The van der Waals surface area contributed by atoms with Crippen LogP contribution in [-0.2, 0) is 13.0 Å². The number of hydrogen-bond acceptors (Lipinski definition) is 7. The molecule has 1 N–H and O–H groups in total. The van der Waals surface area contributed by atoms with Crippen LogP contribution in [0.2, 0.25) is 0 Å². The van der Waals surface area contributed by atoms with E-state index in [1.807, 2.05) is 30.3 Å². The summed E-state index contributed by atoms with van der Waals surface area (Å²) >= 11 is 0. The SMILES string of the molecule is O=C(c1ccc(Cc2ccc(F)cc2)o1)c1oc(C=NO)cc(=O)c1OCc1ccccc1. The summed E-state index contributed by atoms with van der Waals surface area (Å²) in [5.74, 6) is -1.46. The summed E-state index contributed by atoms with van der Waals surface area (Å²) in [6.07, 6.45) is 1.23. The van der Waals surface area contributed by atoms with E-state index in [0.29, 0.717) is 12.2 Å². The van der Waals surface area contributed by atoms with Crippen LogP contribution in [-0.4, -0.2) is 17.2 Å². The minimum atomic E-state index is -0.714.